The lowest BCUT2D eigenvalue weighted by Gasteiger charge is -2.16. The molecule has 0 saturated carbocycles. The van der Waals surface area contributed by atoms with E-state index in [9.17, 15) is 5.11 Å². The molecule has 0 spiro atoms. The van der Waals surface area contributed by atoms with E-state index in [1.54, 1.807) is 0 Å². The zero-order chi connectivity index (χ0) is 11.0. The van der Waals surface area contributed by atoms with Crippen molar-refractivity contribution in [3.63, 3.8) is 0 Å². The van der Waals surface area contributed by atoms with Gasteiger partial charge in [-0.05, 0) is 18.3 Å². The van der Waals surface area contributed by atoms with Crippen molar-refractivity contribution < 1.29 is 5.11 Å². The molecule has 0 radical (unpaired) electrons. The highest BCUT2D eigenvalue weighted by atomic mass is 16.3. The second-order valence-corrected chi connectivity index (χ2v) is 4.98. The van der Waals surface area contributed by atoms with Crippen LogP contribution in [0.3, 0.4) is 0 Å². The van der Waals surface area contributed by atoms with E-state index >= 15 is 0 Å². The Balaban J connectivity index is 3.27. The van der Waals surface area contributed by atoms with Crippen LogP contribution in [0.15, 0.2) is 0 Å². The smallest absolute Gasteiger partial charge is 0.0565 e. The summed E-state index contributed by atoms with van der Waals surface area (Å²) in [6.45, 7) is 8.83. The molecule has 0 heterocycles. The maximum Gasteiger partial charge on any atom is 0.0565 e. The summed E-state index contributed by atoms with van der Waals surface area (Å²) >= 11 is 0. The summed E-state index contributed by atoms with van der Waals surface area (Å²) in [6.07, 6.45) is 7.15. The summed E-state index contributed by atoms with van der Waals surface area (Å²) in [6, 6.07) is 0. The normalized spacial score (nSPS) is 15.9. The molecule has 1 N–H and O–H groups in total. The SMILES string of the molecule is CCC(C)C(O)CCCCCC(C)C. The highest BCUT2D eigenvalue weighted by molar-refractivity contribution is 4.62. The van der Waals surface area contributed by atoms with E-state index in [1.165, 1.54) is 25.7 Å². The van der Waals surface area contributed by atoms with Gasteiger partial charge >= 0.3 is 0 Å². The fourth-order valence-electron chi connectivity index (χ4n) is 1.64. The van der Waals surface area contributed by atoms with Gasteiger partial charge in [0.25, 0.3) is 0 Å². The maximum atomic E-state index is 9.73. The molecule has 2 unspecified atom stereocenters. The first kappa shape index (κ1) is 14.0. The minimum atomic E-state index is -0.0703. The highest BCUT2D eigenvalue weighted by Gasteiger charge is 2.10. The molecule has 1 heteroatoms. The fraction of sp³-hybridized carbons (Fsp3) is 1.00. The van der Waals surface area contributed by atoms with Crippen LogP contribution in [-0.4, -0.2) is 11.2 Å². The van der Waals surface area contributed by atoms with Gasteiger partial charge in [-0.15, -0.1) is 0 Å². The largest absolute Gasteiger partial charge is 0.393 e. The lowest BCUT2D eigenvalue weighted by molar-refractivity contribution is 0.102. The number of hydrogen-bond acceptors (Lipinski definition) is 1. The molecule has 0 bridgehead atoms. The Morgan fingerprint density at radius 3 is 2.00 bits per heavy atom. The van der Waals surface area contributed by atoms with E-state index in [2.05, 4.69) is 27.7 Å². The van der Waals surface area contributed by atoms with Gasteiger partial charge in [0.05, 0.1) is 6.10 Å². The van der Waals surface area contributed by atoms with Crippen molar-refractivity contribution in [3.05, 3.63) is 0 Å². The van der Waals surface area contributed by atoms with Crippen LogP contribution in [0.25, 0.3) is 0 Å². The molecule has 0 aliphatic rings. The molecule has 0 aromatic carbocycles. The lowest BCUT2D eigenvalue weighted by Crippen LogP contribution is -2.16. The molecule has 0 aliphatic carbocycles. The summed E-state index contributed by atoms with van der Waals surface area (Å²) in [7, 11) is 0. The van der Waals surface area contributed by atoms with Crippen LogP contribution in [0.1, 0.15) is 66.2 Å². The molecule has 2 atom stereocenters. The Morgan fingerprint density at radius 2 is 1.50 bits per heavy atom. The molecule has 0 amide bonds. The summed E-state index contributed by atoms with van der Waals surface area (Å²) in [4.78, 5) is 0. The van der Waals surface area contributed by atoms with Crippen molar-refractivity contribution in [2.45, 2.75) is 72.3 Å². The van der Waals surface area contributed by atoms with E-state index in [0.717, 1.165) is 18.8 Å². The van der Waals surface area contributed by atoms with Gasteiger partial charge in [-0.1, -0.05) is 59.8 Å². The van der Waals surface area contributed by atoms with Crippen LogP contribution >= 0.6 is 0 Å². The quantitative estimate of drug-likeness (QED) is 0.587. The van der Waals surface area contributed by atoms with Gasteiger partial charge < -0.3 is 5.11 Å². The number of hydrogen-bond donors (Lipinski definition) is 1. The topological polar surface area (TPSA) is 20.2 Å². The summed E-state index contributed by atoms with van der Waals surface area (Å²) in [5.41, 5.74) is 0. The van der Waals surface area contributed by atoms with E-state index in [-0.39, 0.29) is 6.10 Å². The maximum absolute atomic E-state index is 9.73. The third kappa shape index (κ3) is 7.37. The van der Waals surface area contributed by atoms with Crippen LogP contribution in [0.4, 0.5) is 0 Å². The van der Waals surface area contributed by atoms with Crippen molar-refractivity contribution in [3.8, 4) is 0 Å². The third-order valence-corrected chi connectivity index (χ3v) is 3.08. The average Bonchev–Trinajstić information content (AvgIpc) is 2.15. The van der Waals surface area contributed by atoms with E-state index < -0.39 is 0 Å². The predicted octanol–water partition coefficient (Wildman–Crippen LogP) is 4.00. The Kier molecular flexibility index (Phi) is 8.26. The zero-order valence-electron chi connectivity index (χ0n) is 10.4. The number of aliphatic hydroxyl groups excluding tert-OH is 1. The minimum Gasteiger partial charge on any atom is -0.393 e. The molecular formula is C13H28O. The molecule has 0 aliphatic heterocycles. The third-order valence-electron chi connectivity index (χ3n) is 3.08. The molecule has 1 nitrogen and oxygen atoms in total. The first-order valence-corrected chi connectivity index (χ1v) is 6.26. The first-order valence-electron chi connectivity index (χ1n) is 6.26. The Morgan fingerprint density at radius 1 is 0.929 bits per heavy atom. The number of unbranched alkanes of at least 4 members (excludes halogenated alkanes) is 2. The van der Waals surface area contributed by atoms with Gasteiger partial charge in [0.1, 0.15) is 0 Å². The van der Waals surface area contributed by atoms with Gasteiger partial charge in [0, 0.05) is 0 Å². The first-order chi connectivity index (χ1) is 6.57. The van der Waals surface area contributed by atoms with Gasteiger partial charge in [-0.3, -0.25) is 0 Å². The molecule has 14 heavy (non-hydrogen) atoms. The van der Waals surface area contributed by atoms with Gasteiger partial charge in [-0.25, -0.2) is 0 Å². The van der Waals surface area contributed by atoms with Gasteiger partial charge in [0.15, 0.2) is 0 Å². The average molecular weight is 200 g/mol. The van der Waals surface area contributed by atoms with E-state index in [0.29, 0.717) is 5.92 Å². The Hall–Kier alpha value is -0.0400. The zero-order valence-corrected chi connectivity index (χ0v) is 10.4. The second kappa shape index (κ2) is 8.28. The molecule has 86 valence electrons. The molecule has 0 aromatic rings. The van der Waals surface area contributed by atoms with E-state index in [4.69, 9.17) is 0 Å². The van der Waals surface area contributed by atoms with Crippen molar-refractivity contribution in [1.29, 1.82) is 0 Å². The summed E-state index contributed by atoms with van der Waals surface area (Å²) in [5, 5.41) is 9.73. The molecule has 0 rings (SSSR count). The summed E-state index contributed by atoms with van der Waals surface area (Å²) < 4.78 is 0. The summed E-state index contributed by atoms with van der Waals surface area (Å²) in [5.74, 6) is 1.30. The fourth-order valence-corrected chi connectivity index (χ4v) is 1.64. The van der Waals surface area contributed by atoms with Crippen LogP contribution in [0.5, 0.6) is 0 Å². The Labute approximate surface area is 89.9 Å². The second-order valence-electron chi connectivity index (χ2n) is 4.98. The number of aliphatic hydroxyl groups is 1. The monoisotopic (exact) mass is 200 g/mol. The molecule has 0 saturated heterocycles. The van der Waals surface area contributed by atoms with Crippen molar-refractivity contribution in [1.82, 2.24) is 0 Å². The lowest BCUT2D eigenvalue weighted by atomic mass is 9.96. The number of rotatable bonds is 8. The standard InChI is InChI=1S/C13H28O/c1-5-12(4)13(14)10-8-6-7-9-11(2)3/h11-14H,5-10H2,1-4H3. The van der Waals surface area contributed by atoms with Crippen LogP contribution in [0, 0.1) is 11.8 Å². The predicted molar refractivity (Wildman–Crippen MR) is 63.4 cm³/mol. The van der Waals surface area contributed by atoms with Gasteiger partial charge in [0.2, 0.25) is 0 Å². The van der Waals surface area contributed by atoms with Crippen molar-refractivity contribution >= 4 is 0 Å². The van der Waals surface area contributed by atoms with Gasteiger partial charge in [-0.2, -0.15) is 0 Å². The molecule has 0 fully saturated rings. The van der Waals surface area contributed by atoms with Crippen molar-refractivity contribution in [2.24, 2.45) is 11.8 Å². The van der Waals surface area contributed by atoms with Crippen LogP contribution < -0.4 is 0 Å². The molecule has 0 aromatic heterocycles. The van der Waals surface area contributed by atoms with Crippen LogP contribution in [-0.2, 0) is 0 Å². The van der Waals surface area contributed by atoms with E-state index in [1.807, 2.05) is 0 Å². The molecular weight excluding hydrogens is 172 g/mol. The Bertz CT molecular complexity index is 120. The minimum absolute atomic E-state index is 0.0703. The van der Waals surface area contributed by atoms with Crippen LogP contribution in [0.2, 0.25) is 0 Å². The highest BCUT2D eigenvalue weighted by Crippen LogP contribution is 2.15. The van der Waals surface area contributed by atoms with Crippen molar-refractivity contribution in [2.75, 3.05) is 0 Å².